The predicted octanol–water partition coefficient (Wildman–Crippen LogP) is 2.11. The summed E-state index contributed by atoms with van der Waals surface area (Å²) in [6.45, 7) is 0.760. The summed E-state index contributed by atoms with van der Waals surface area (Å²) in [5, 5.41) is 9.54. The van der Waals surface area contributed by atoms with E-state index in [0.29, 0.717) is 31.4 Å². The topological polar surface area (TPSA) is 76.1 Å². The molecule has 138 valence electrons. The third-order valence-corrected chi connectivity index (χ3v) is 4.65. The van der Waals surface area contributed by atoms with E-state index in [0.717, 1.165) is 0 Å². The van der Waals surface area contributed by atoms with E-state index in [4.69, 9.17) is 9.47 Å². The monoisotopic (exact) mass is 353 g/mol. The number of hydrogen-bond acceptors (Lipinski definition) is 4. The lowest BCUT2D eigenvalue weighted by atomic mass is 9.80. The number of aryl methyl sites for hydroxylation is 1. The highest BCUT2D eigenvalue weighted by Crippen LogP contribution is 2.31. The summed E-state index contributed by atoms with van der Waals surface area (Å²) >= 11 is 0. The highest BCUT2D eigenvalue weighted by molar-refractivity contribution is 5.80. The van der Waals surface area contributed by atoms with Crippen molar-refractivity contribution in [2.24, 2.45) is 5.41 Å². The first kappa shape index (κ1) is 19.2. The lowest BCUT2D eigenvalue weighted by Crippen LogP contribution is -2.52. The fraction of sp³-hybridized carbons (Fsp3) is 0.556. The second-order valence-electron chi connectivity index (χ2n) is 6.41. The van der Waals surface area contributed by atoms with Crippen molar-refractivity contribution in [1.29, 1.82) is 0 Å². The molecule has 2 rings (SSSR count). The van der Waals surface area contributed by atoms with Crippen molar-refractivity contribution in [3.63, 3.8) is 0 Å². The largest absolute Gasteiger partial charge is 0.494 e. The maximum Gasteiger partial charge on any atom is 0.313 e. The molecule has 1 atom stereocenters. The van der Waals surface area contributed by atoms with Gasteiger partial charge < -0.3 is 19.5 Å². The molecule has 1 amide bonds. The summed E-state index contributed by atoms with van der Waals surface area (Å²) in [5.74, 6) is -1.37. The second-order valence-corrected chi connectivity index (χ2v) is 6.41. The van der Waals surface area contributed by atoms with Crippen molar-refractivity contribution in [2.45, 2.75) is 25.7 Å². The van der Waals surface area contributed by atoms with Crippen LogP contribution in [0.3, 0.4) is 0 Å². The minimum Gasteiger partial charge on any atom is -0.494 e. The van der Waals surface area contributed by atoms with Crippen LogP contribution in [-0.4, -0.2) is 55.8 Å². The van der Waals surface area contributed by atoms with Crippen LogP contribution in [0, 0.1) is 11.2 Å². The molecular weight excluding hydrogens is 329 g/mol. The van der Waals surface area contributed by atoms with E-state index in [1.54, 1.807) is 11.0 Å². The molecule has 1 unspecified atom stereocenters. The second kappa shape index (κ2) is 8.29. The Balaban J connectivity index is 1.98. The third kappa shape index (κ3) is 4.48. The van der Waals surface area contributed by atoms with Crippen LogP contribution in [0.2, 0.25) is 0 Å². The molecule has 25 heavy (non-hydrogen) atoms. The molecule has 0 aliphatic carbocycles. The Morgan fingerprint density at radius 1 is 1.36 bits per heavy atom. The number of ether oxygens (including phenoxy) is 2. The van der Waals surface area contributed by atoms with Crippen LogP contribution in [0.15, 0.2) is 18.2 Å². The Hall–Kier alpha value is -2.15. The van der Waals surface area contributed by atoms with Crippen molar-refractivity contribution in [2.75, 3.05) is 33.9 Å². The number of hydrogen-bond donors (Lipinski definition) is 1. The van der Waals surface area contributed by atoms with Gasteiger partial charge in [0, 0.05) is 26.6 Å². The summed E-state index contributed by atoms with van der Waals surface area (Å²) in [6.07, 6.45) is 1.71. The summed E-state index contributed by atoms with van der Waals surface area (Å²) in [7, 11) is 2.86. The Bertz CT molecular complexity index is 632. The number of halogens is 1. The number of carboxylic acid groups (broad SMARTS) is 1. The molecule has 0 bridgehead atoms. The first-order valence-electron chi connectivity index (χ1n) is 8.24. The zero-order chi connectivity index (χ0) is 18.4. The van der Waals surface area contributed by atoms with Gasteiger partial charge in [0.15, 0.2) is 11.6 Å². The average molecular weight is 353 g/mol. The minimum absolute atomic E-state index is 0.0792. The van der Waals surface area contributed by atoms with Gasteiger partial charge in [0.25, 0.3) is 0 Å². The van der Waals surface area contributed by atoms with Crippen LogP contribution in [0.1, 0.15) is 24.8 Å². The van der Waals surface area contributed by atoms with Crippen molar-refractivity contribution < 1.29 is 28.6 Å². The van der Waals surface area contributed by atoms with Crippen molar-refractivity contribution in [3.8, 4) is 5.75 Å². The van der Waals surface area contributed by atoms with Gasteiger partial charge in [-0.1, -0.05) is 6.07 Å². The number of methoxy groups -OCH3 is 2. The van der Waals surface area contributed by atoms with Crippen molar-refractivity contribution in [1.82, 2.24) is 4.90 Å². The SMILES string of the molecule is COCC1(C(=O)O)CCCN(C(=O)CCc2ccc(OC)c(F)c2)C1. The molecule has 1 aliphatic rings. The molecule has 0 radical (unpaired) electrons. The van der Waals surface area contributed by atoms with Crippen LogP contribution in [0.5, 0.6) is 5.75 Å². The van der Waals surface area contributed by atoms with Crippen LogP contribution in [-0.2, 0) is 20.7 Å². The lowest BCUT2D eigenvalue weighted by molar-refractivity contribution is -0.159. The van der Waals surface area contributed by atoms with Gasteiger partial charge in [-0.2, -0.15) is 0 Å². The molecule has 0 aromatic heterocycles. The number of carbonyl (C=O) groups is 2. The van der Waals surface area contributed by atoms with Gasteiger partial charge in [-0.15, -0.1) is 0 Å². The van der Waals surface area contributed by atoms with Gasteiger partial charge in [-0.25, -0.2) is 4.39 Å². The summed E-state index contributed by atoms with van der Waals surface area (Å²) in [4.78, 5) is 25.7. The average Bonchev–Trinajstić information content (AvgIpc) is 2.60. The standard InChI is InChI=1S/C18H24FNO5/c1-24-12-18(17(22)23)8-3-9-20(11-18)16(21)7-5-13-4-6-15(25-2)14(19)10-13/h4,6,10H,3,5,7-9,11-12H2,1-2H3,(H,22,23). The van der Waals surface area contributed by atoms with Gasteiger partial charge in [-0.3, -0.25) is 9.59 Å². The quantitative estimate of drug-likeness (QED) is 0.812. The Kier molecular flexibility index (Phi) is 6.36. The van der Waals surface area contributed by atoms with E-state index >= 15 is 0 Å². The van der Waals surface area contributed by atoms with Crippen LogP contribution < -0.4 is 4.74 Å². The molecule has 1 N–H and O–H groups in total. The van der Waals surface area contributed by atoms with Crippen molar-refractivity contribution >= 4 is 11.9 Å². The number of piperidine rings is 1. The highest BCUT2D eigenvalue weighted by Gasteiger charge is 2.43. The molecule has 1 aliphatic heterocycles. The molecule has 6 nitrogen and oxygen atoms in total. The zero-order valence-electron chi connectivity index (χ0n) is 14.6. The first-order chi connectivity index (χ1) is 11.9. The summed E-state index contributed by atoms with van der Waals surface area (Å²) in [6, 6.07) is 4.61. The van der Waals surface area contributed by atoms with E-state index in [1.807, 2.05) is 0 Å². The first-order valence-corrected chi connectivity index (χ1v) is 8.24. The zero-order valence-corrected chi connectivity index (χ0v) is 14.6. The number of benzene rings is 1. The number of carbonyl (C=O) groups excluding carboxylic acids is 1. The molecular formula is C18H24FNO5. The summed E-state index contributed by atoms with van der Waals surface area (Å²) < 4.78 is 23.6. The van der Waals surface area contributed by atoms with Gasteiger partial charge in [0.05, 0.1) is 13.7 Å². The summed E-state index contributed by atoms with van der Waals surface area (Å²) in [5.41, 5.74) is -0.348. The van der Waals surface area contributed by atoms with Crippen LogP contribution in [0.25, 0.3) is 0 Å². The lowest BCUT2D eigenvalue weighted by Gasteiger charge is -2.39. The molecule has 1 aromatic carbocycles. The Morgan fingerprint density at radius 3 is 2.72 bits per heavy atom. The fourth-order valence-corrected chi connectivity index (χ4v) is 3.25. The van der Waals surface area contributed by atoms with Gasteiger partial charge in [0.1, 0.15) is 5.41 Å². The van der Waals surface area contributed by atoms with Gasteiger partial charge >= 0.3 is 5.97 Å². The number of aliphatic carboxylic acids is 1. The van der Waals surface area contributed by atoms with Crippen LogP contribution in [0.4, 0.5) is 4.39 Å². The maximum absolute atomic E-state index is 13.7. The molecule has 1 aromatic rings. The fourth-order valence-electron chi connectivity index (χ4n) is 3.25. The van der Waals surface area contributed by atoms with E-state index in [2.05, 4.69) is 0 Å². The number of carboxylic acids is 1. The van der Waals surface area contributed by atoms with Crippen LogP contribution >= 0.6 is 0 Å². The van der Waals surface area contributed by atoms with Gasteiger partial charge in [0.2, 0.25) is 5.91 Å². The normalized spacial score (nSPS) is 20.4. The number of likely N-dealkylation sites (tertiary alicyclic amines) is 1. The Labute approximate surface area is 146 Å². The van der Waals surface area contributed by atoms with E-state index < -0.39 is 17.2 Å². The predicted molar refractivity (Wildman–Crippen MR) is 89.0 cm³/mol. The molecule has 0 spiro atoms. The number of nitrogens with zero attached hydrogens (tertiary/aromatic N) is 1. The van der Waals surface area contributed by atoms with E-state index in [1.165, 1.54) is 26.4 Å². The molecule has 1 heterocycles. The molecule has 0 saturated carbocycles. The van der Waals surface area contributed by atoms with E-state index in [9.17, 15) is 19.1 Å². The minimum atomic E-state index is -1.05. The van der Waals surface area contributed by atoms with Crippen molar-refractivity contribution in [3.05, 3.63) is 29.6 Å². The third-order valence-electron chi connectivity index (χ3n) is 4.65. The number of rotatable bonds is 7. The molecule has 1 fully saturated rings. The Morgan fingerprint density at radius 2 is 2.12 bits per heavy atom. The number of amides is 1. The maximum atomic E-state index is 13.7. The van der Waals surface area contributed by atoms with Gasteiger partial charge in [-0.05, 0) is 37.0 Å². The smallest absolute Gasteiger partial charge is 0.313 e. The molecule has 1 saturated heterocycles. The highest BCUT2D eigenvalue weighted by atomic mass is 19.1. The molecule has 7 heteroatoms. The van der Waals surface area contributed by atoms with E-state index in [-0.39, 0.29) is 31.2 Å².